The molecule has 0 saturated carbocycles. The van der Waals surface area contributed by atoms with Crippen LogP contribution in [-0.2, 0) is 4.79 Å². The summed E-state index contributed by atoms with van der Waals surface area (Å²) in [6, 6.07) is 5.08. The van der Waals surface area contributed by atoms with Crippen LogP contribution in [-0.4, -0.2) is 40.3 Å². The van der Waals surface area contributed by atoms with Crippen LogP contribution in [0.2, 0.25) is 0 Å². The Hall–Kier alpha value is -1.75. The van der Waals surface area contributed by atoms with E-state index in [1.165, 1.54) is 0 Å². The van der Waals surface area contributed by atoms with Gasteiger partial charge in [-0.1, -0.05) is 6.92 Å². The van der Waals surface area contributed by atoms with E-state index in [0.29, 0.717) is 12.4 Å². The van der Waals surface area contributed by atoms with Crippen LogP contribution in [0.1, 0.15) is 31.9 Å². The van der Waals surface area contributed by atoms with Crippen molar-refractivity contribution in [1.29, 1.82) is 0 Å². The molecule has 2 rings (SSSR count). The molecule has 5 nitrogen and oxygen atoms in total. The number of carboxylic acid groups (broad SMARTS) is 1. The zero-order valence-corrected chi connectivity index (χ0v) is 11.2. The van der Waals surface area contributed by atoms with Gasteiger partial charge in [0.05, 0.1) is 12.6 Å². The molecule has 2 unspecified atom stereocenters. The van der Waals surface area contributed by atoms with Gasteiger partial charge >= 0.3 is 5.97 Å². The number of phenols is 1. The summed E-state index contributed by atoms with van der Waals surface area (Å²) in [5.41, 5.74) is 0.944. The Labute approximate surface area is 112 Å². The number of aromatic hydroxyl groups is 1. The maximum Gasteiger partial charge on any atom is 0.317 e. The van der Waals surface area contributed by atoms with E-state index in [0.717, 1.165) is 12.0 Å². The van der Waals surface area contributed by atoms with Crippen LogP contribution in [0.4, 0.5) is 0 Å². The van der Waals surface area contributed by atoms with Gasteiger partial charge < -0.3 is 14.9 Å². The van der Waals surface area contributed by atoms with Crippen LogP contribution >= 0.6 is 0 Å². The number of phenolic OH excluding ortho intramolecular Hbond substituents is 1. The average Bonchev–Trinajstić information content (AvgIpc) is 2.77. The van der Waals surface area contributed by atoms with Crippen molar-refractivity contribution in [3.8, 4) is 11.5 Å². The predicted octanol–water partition coefficient (Wildman–Crippen LogP) is 2.01. The Morgan fingerprint density at radius 3 is 2.95 bits per heavy atom. The van der Waals surface area contributed by atoms with Crippen molar-refractivity contribution in [3.63, 3.8) is 0 Å². The summed E-state index contributed by atoms with van der Waals surface area (Å²) in [7, 11) is 0. The van der Waals surface area contributed by atoms with Crippen LogP contribution in [0.5, 0.6) is 11.5 Å². The Bertz CT molecular complexity index is 475. The summed E-state index contributed by atoms with van der Waals surface area (Å²) in [6.07, 6.45) is 0.872. The van der Waals surface area contributed by atoms with Crippen molar-refractivity contribution < 1.29 is 19.7 Å². The van der Waals surface area contributed by atoms with E-state index in [9.17, 15) is 9.90 Å². The Morgan fingerprint density at radius 2 is 2.32 bits per heavy atom. The van der Waals surface area contributed by atoms with Gasteiger partial charge in [-0.15, -0.1) is 0 Å². The smallest absolute Gasteiger partial charge is 0.317 e. The lowest BCUT2D eigenvalue weighted by Crippen LogP contribution is -2.40. The van der Waals surface area contributed by atoms with Gasteiger partial charge in [-0.05, 0) is 25.5 Å². The van der Waals surface area contributed by atoms with Crippen LogP contribution < -0.4 is 4.74 Å². The summed E-state index contributed by atoms with van der Waals surface area (Å²) in [6.45, 7) is 4.47. The number of rotatable bonds is 5. The molecule has 0 saturated heterocycles. The lowest BCUT2D eigenvalue weighted by atomic mass is 10.0. The molecule has 5 heteroatoms. The number of fused-ring (bicyclic) bond motifs is 1. The highest BCUT2D eigenvalue weighted by Crippen LogP contribution is 2.39. The number of carboxylic acids is 1. The van der Waals surface area contributed by atoms with Crippen LogP contribution in [0.25, 0.3) is 0 Å². The number of benzene rings is 1. The van der Waals surface area contributed by atoms with Gasteiger partial charge in [0.1, 0.15) is 18.1 Å². The summed E-state index contributed by atoms with van der Waals surface area (Å²) >= 11 is 0. The minimum Gasteiger partial charge on any atom is -0.508 e. The van der Waals surface area contributed by atoms with Crippen molar-refractivity contribution >= 4 is 5.97 Å². The van der Waals surface area contributed by atoms with Gasteiger partial charge in [-0.2, -0.15) is 0 Å². The summed E-state index contributed by atoms with van der Waals surface area (Å²) < 4.78 is 5.55. The fourth-order valence-electron chi connectivity index (χ4n) is 2.42. The maximum atomic E-state index is 11.0. The van der Waals surface area contributed by atoms with Crippen LogP contribution in [0, 0.1) is 0 Å². The predicted molar refractivity (Wildman–Crippen MR) is 70.4 cm³/mol. The van der Waals surface area contributed by atoms with E-state index < -0.39 is 5.97 Å². The van der Waals surface area contributed by atoms with Gasteiger partial charge in [0.15, 0.2) is 0 Å². The topological polar surface area (TPSA) is 70.0 Å². The number of carbonyl (C=O) groups is 1. The quantitative estimate of drug-likeness (QED) is 0.852. The zero-order chi connectivity index (χ0) is 14.0. The number of ether oxygens (including phenoxy) is 1. The summed E-state index contributed by atoms with van der Waals surface area (Å²) in [5.74, 6) is -0.0380. The molecule has 0 radical (unpaired) electrons. The molecule has 1 aromatic rings. The molecular weight excluding hydrogens is 246 g/mol. The third-order valence-electron chi connectivity index (χ3n) is 3.63. The lowest BCUT2D eigenvalue weighted by molar-refractivity contribution is -0.139. The van der Waals surface area contributed by atoms with E-state index in [1.54, 1.807) is 18.2 Å². The molecule has 0 fully saturated rings. The van der Waals surface area contributed by atoms with E-state index in [2.05, 4.69) is 0 Å². The monoisotopic (exact) mass is 265 g/mol. The summed E-state index contributed by atoms with van der Waals surface area (Å²) in [4.78, 5) is 13.0. The molecule has 19 heavy (non-hydrogen) atoms. The second-order valence-corrected chi connectivity index (χ2v) is 4.87. The van der Waals surface area contributed by atoms with Gasteiger partial charge in [-0.25, -0.2) is 0 Å². The van der Waals surface area contributed by atoms with Gasteiger partial charge in [0.25, 0.3) is 0 Å². The molecule has 0 spiro atoms. The average molecular weight is 265 g/mol. The highest BCUT2D eigenvalue weighted by atomic mass is 16.5. The third kappa shape index (κ3) is 2.81. The molecule has 0 bridgehead atoms. The Balaban J connectivity index is 2.27. The minimum atomic E-state index is -0.840. The highest BCUT2D eigenvalue weighted by Gasteiger charge is 2.33. The molecule has 0 amide bonds. The van der Waals surface area contributed by atoms with Gasteiger partial charge in [-0.3, -0.25) is 9.69 Å². The second kappa shape index (κ2) is 5.48. The Kier molecular flexibility index (Phi) is 3.95. The van der Waals surface area contributed by atoms with E-state index in [4.69, 9.17) is 9.84 Å². The van der Waals surface area contributed by atoms with Crippen molar-refractivity contribution in [2.75, 3.05) is 13.2 Å². The highest BCUT2D eigenvalue weighted by molar-refractivity contribution is 5.69. The number of aliphatic carboxylic acids is 1. The van der Waals surface area contributed by atoms with Crippen molar-refractivity contribution in [2.45, 2.75) is 32.4 Å². The van der Waals surface area contributed by atoms with Gasteiger partial charge in [0.2, 0.25) is 0 Å². The second-order valence-electron chi connectivity index (χ2n) is 4.87. The fourth-order valence-corrected chi connectivity index (χ4v) is 2.42. The molecule has 1 aliphatic heterocycles. The minimum absolute atomic E-state index is 0.0106. The van der Waals surface area contributed by atoms with Crippen molar-refractivity contribution in [1.82, 2.24) is 4.90 Å². The van der Waals surface area contributed by atoms with Gasteiger partial charge in [0, 0.05) is 17.7 Å². The van der Waals surface area contributed by atoms with Crippen molar-refractivity contribution in [2.24, 2.45) is 0 Å². The van der Waals surface area contributed by atoms with Crippen LogP contribution in [0.3, 0.4) is 0 Å². The zero-order valence-electron chi connectivity index (χ0n) is 11.2. The van der Waals surface area contributed by atoms with E-state index >= 15 is 0 Å². The molecule has 0 aromatic heterocycles. The first-order valence-electron chi connectivity index (χ1n) is 6.46. The normalized spacial score (nSPS) is 19.0. The maximum absolute atomic E-state index is 11.0. The lowest BCUT2D eigenvalue weighted by Gasteiger charge is -2.31. The first kappa shape index (κ1) is 13.7. The Morgan fingerprint density at radius 1 is 1.58 bits per heavy atom. The first-order valence-corrected chi connectivity index (χ1v) is 6.46. The molecule has 1 aromatic carbocycles. The molecule has 1 heterocycles. The van der Waals surface area contributed by atoms with E-state index in [-0.39, 0.29) is 24.4 Å². The number of nitrogens with zero attached hydrogens (tertiary/aromatic N) is 1. The first-order chi connectivity index (χ1) is 9.02. The van der Waals surface area contributed by atoms with E-state index in [1.807, 2.05) is 18.7 Å². The summed E-state index contributed by atoms with van der Waals surface area (Å²) in [5, 5.41) is 18.5. The largest absolute Gasteiger partial charge is 0.508 e. The molecular formula is C14H19NO4. The third-order valence-corrected chi connectivity index (χ3v) is 3.63. The molecule has 0 aliphatic carbocycles. The molecule has 104 valence electrons. The number of hydrogen-bond donors (Lipinski definition) is 2. The number of hydrogen-bond acceptors (Lipinski definition) is 4. The molecule has 2 atom stereocenters. The van der Waals surface area contributed by atoms with Crippen LogP contribution in [0.15, 0.2) is 18.2 Å². The molecule has 1 aliphatic rings. The SMILES string of the molecule is CCC(C)N(CC(=O)O)C1COc2cc(O)ccc21. The fraction of sp³-hybridized carbons (Fsp3) is 0.500. The van der Waals surface area contributed by atoms with Crippen molar-refractivity contribution in [3.05, 3.63) is 23.8 Å². The molecule has 2 N–H and O–H groups in total. The standard InChI is InChI=1S/C14H19NO4/c1-3-9(2)15(7-14(17)18)12-8-19-13-6-10(16)4-5-11(12)13/h4-6,9,12,16H,3,7-8H2,1-2H3,(H,17,18).